The van der Waals surface area contributed by atoms with Crippen LogP contribution in [0.25, 0.3) is 0 Å². The minimum atomic E-state index is -4.04. The van der Waals surface area contributed by atoms with Crippen LogP contribution < -0.4 is 10.0 Å². The van der Waals surface area contributed by atoms with Crippen LogP contribution in [-0.2, 0) is 28.9 Å². The zero-order valence-corrected chi connectivity index (χ0v) is 29.6. The van der Waals surface area contributed by atoms with Gasteiger partial charge in [-0.25, -0.2) is 8.42 Å². The summed E-state index contributed by atoms with van der Waals surface area (Å²) in [5.74, 6) is -0.533. The van der Waals surface area contributed by atoms with Crippen LogP contribution in [0, 0.1) is 30.1 Å². The first kappa shape index (κ1) is 34.1. The van der Waals surface area contributed by atoms with Crippen molar-refractivity contribution in [3.05, 3.63) is 65.7 Å². The molecule has 3 saturated carbocycles. The third-order valence-electron chi connectivity index (χ3n) is 12.0. The van der Waals surface area contributed by atoms with Crippen molar-refractivity contribution >= 4 is 29.0 Å². The number of carbonyl (C=O) groups excluding carboxylic acids is 2. The first-order chi connectivity index (χ1) is 22.1. The summed E-state index contributed by atoms with van der Waals surface area (Å²) in [7, 11) is -4.64. The Bertz CT molecular complexity index is 1620. The Morgan fingerprint density at radius 3 is 2.45 bits per heavy atom. The lowest BCUT2D eigenvalue weighted by Gasteiger charge is -2.64. The van der Waals surface area contributed by atoms with E-state index in [1.165, 1.54) is 6.07 Å². The quantitative estimate of drug-likeness (QED) is 0.338. The van der Waals surface area contributed by atoms with Crippen molar-refractivity contribution in [3.63, 3.8) is 0 Å². The maximum Gasteiger partial charge on any atom is 0.481 e. The Morgan fingerprint density at radius 1 is 1.09 bits per heavy atom. The highest BCUT2D eigenvalue weighted by Crippen LogP contribution is 2.65. The van der Waals surface area contributed by atoms with E-state index in [-0.39, 0.29) is 28.2 Å². The van der Waals surface area contributed by atoms with Crippen molar-refractivity contribution in [3.8, 4) is 0 Å². The van der Waals surface area contributed by atoms with Crippen molar-refractivity contribution in [2.24, 2.45) is 23.2 Å². The van der Waals surface area contributed by atoms with Gasteiger partial charge in [-0.1, -0.05) is 77.1 Å². The van der Waals surface area contributed by atoms with Crippen molar-refractivity contribution < 1.29 is 27.3 Å². The lowest BCUT2D eigenvalue weighted by atomic mass is 9.43. The van der Waals surface area contributed by atoms with Crippen molar-refractivity contribution in [1.82, 2.24) is 14.9 Å². The van der Waals surface area contributed by atoms with E-state index in [1.807, 2.05) is 64.1 Å². The molecule has 2 heterocycles. The Balaban J connectivity index is 1.28. The number of hydrogen-bond donors (Lipinski definition) is 2. The number of amides is 2. The molecule has 3 aliphatic carbocycles. The van der Waals surface area contributed by atoms with Crippen molar-refractivity contribution in [2.45, 2.75) is 115 Å². The molecule has 2 amide bonds. The summed E-state index contributed by atoms with van der Waals surface area (Å²) in [6.45, 7) is 14.7. The van der Waals surface area contributed by atoms with Crippen molar-refractivity contribution in [2.75, 3.05) is 6.54 Å². The van der Waals surface area contributed by atoms with Crippen molar-refractivity contribution in [1.29, 1.82) is 0 Å². The molecule has 47 heavy (non-hydrogen) atoms. The standard InChI is InChI=1S/C36H50BN3O6S/c1-8-30(37-45-29-22-26-21-28(34(26,5)6)35(29,7)46-37)38-32(41)31(25-15-10-9-11-16-25)40-19-13-18-36(23(2)3,33(40)42)39-47(43,44)27-17-12-14-24(4)20-27/h9-12,14-17,20,23,26,28-31,39H,8,13,18-19,21-22H2,1-7H3,(H,38,41)/t26-,28-,29?,30-,31-,35-,36?/m0/s1. The molecule has 2 unspecified atom stereocenters. The van der Waals surface area contributed by atoms with E-state index in [9.17, 15) is 18.0 Å². The van der Waals surface area contributed by atoms with E-state index in [1.54, 1.807) is 17.0 Å². The summed E-state index contributed by atoms with van der Waals surface area (Å²) in [6.07, 6.45) is 3.51. The Morgan fingerprint density at radius 2 is 1.81 bits per heavy atom. The lowest BCUT2D eigenvalue weighted by molar-refractivity contribution is -0.199. The predicted molar refractivity (Wildman–Crippen MR) is 182 cm³/mol. The number of aryl methyl sites for hydroxylation is 1. The minimum absolute atomic E-state index is 0.0168. The second-order valence-electron chi connectivity index (χ2n) is 15.3. The first-order valence-corrected chi connectivity index (χ1v) is 18.7. The van der Waals surface area contributed by atoms with Gasteiger partial charge in [-0.15, -0.1) is 0 Å². The van der Waals surface area contributed by atoms with Crippen LogP contribution in [0.4, 0.5) is 0 Å². The first-order valence-electron chi connectivity index (χ1n) is 17.2. The van der Waals surface area contributed by atoms with Gasteiger partial charge in [-0.2, -0.15) is 4.72 Å². The molecule has 2 aromatic rings. The summed E-state index contributed by atoms with van der Waals surface area (Å²) in [5, 5.41) is 3.22. The molecule has 2 bridgehead atoms. The van der Waals surface area contributed by atoms with Gasteiger partial charge in [0.05, 0.1) is 22.5 Å². The third-order valence-corrected chi connectivity index (χ3v) is 13.5. The van der Waals surface area contributed by atoms with Crippen LogP contribution in [0.2, 0.25) is 0 Å². The molecule has 5 aliphatic rings. The van der Waals surface area contributed by atoms with Gasteiger partial charge in [-0.3, -0.25) is 9.59 Å². The third kappa shape index (κ3) is 5.75. The number of likely N-dealkylation sites (tertiary alicyclic amines) is 1. The van der Waals surface area contributed by atoms with Gasteiger partial charge in [0.25, 0.3) is 0 Å². The summed E-state index contributed by atoms with van der Waals surface area (Å²) >= 11 is 0. The number of rotatable bonds is 10. The second kappa shape index (κ2) is 12.3. The minimum Gasteiger partial charge on any atom is -0.404 e. The molecule has 9 nitrogen and oxygen atoms in total. The molecule has 5 fully saturated rings. The average Bonchev–Trinajstić information content (AvgIpc) is 3.39. The highest BCUT2D eigenvalue weighted by Gasteiger charge is 2.68. The summed E-state index contributed by atoms with van der Waals surface area (Å²) in [4.78, 5) is 30.8. The van der Waals surface area contributed by atoms with Crippen LogP contribution in [0.3, 0.4) is 0 Å². The Kier molecular flexibility index (Phi) is 8.94. The number of nitrogens with zero attached hydrogens (tertiary/aromatic N) is 1. The van der Waals surface area contributed by atoms with E-state index < -0.39 is 46.2 Å². The van der Waals surface area contributed by atoms with Gasteiger partial charge in [-0.05, 0) is 92.4 Å². The van der Waals surface area contributed by atoms with Crippen LogP contribution >= 0.6 is 0 Å². The molecule has 7 rings (SSSR count). The van der Waals surface area contributed by atoms with Crippen LogP contribution in [0.15, 0.2) is 59.5 Å². The number of benzene rings is 2. The highest BCUT2D eigenvalue weighted by molar-refractivity contribution is 7.89. The molecule has 2 aromatic carbocycles. The van der Waals surface area contributed by atoms with Gasteiger partial charge < -0.3 is 19.5 Å². The number of hydrogen-bond acceptors (Lipinski definition) is 6. The van der Waals surface area contributed by atoms with Gasteiger partial charge in [0.15, 0.2) is 0 Å². The molecule has 2 saturated heterocycles. The molecule has 0 spiro atoms. The average molecular weight is 664 g/mol. The van der Waals surface area contributed by atoms with E-state index in [4.69, 9.17) is 9.31 Å². The van der Waals surface area contributed by atoms with Gasteiger partial charge in [0, 0.05) is 6.54 Å². The van der Waals surface area contributed by atoms with E-state index in [0.29, 0.717) is 43.2 Å². The molecular formula is C36H50BN3O6S. The number of sulfonamides is 1. The maximum atomic E-state index is 14.7. The second-order valence-corrected chi connectivity index (χ2v) is 17.0. The van der Waals surface area contributed by atoms with Crippen LogP contribution in [0.5, 0.6) is 0 Å². The fourth-order valence-corrected chi connectivity index (χ4v) is 10.5. The van der Waals surface area contributed by atoms with E-state index >= 15 is 0 Å². The predicted octanol–water partition coefficient (Wildman–Crippen LogP) is 5.19. The van der Waals surface area contributed by atoms with Crippen LogP contribution in [-0.4, -0.2) is 62.0 Å². The molecule has 2 N–H and O–H groups in total. The fourth-order valence-electron chi connectivity index (χ4n) is 8.87. The Labute approximate surface area is 280 Å². The lowest BCUT2D eigenvalue weighted by Crippen LogP contribution is -2.66. The molecule has 11 heteroatoms. The molecule has 2 aliphatic heterocycles. The highest BCUT2D eigenvalue weighted by atomic mass is 32.2. The molecule has 7 atom stereocenters. The van der Waals surface area contributed by atoms with E-state index in [2.05, 4.69) is 30.8 Å². The normalized spacial score (nSPS) is 31.2. The summed E-state index contributed by atoms with van der Waals surface area (Å²) < 4.78 is 43.6. The van der Waals surface area contributed by atoms with Gasteiger partial charge in [0.2, 0.25) is 21.8 Å². The van der Waals surface area contributed by atoms with Gasteiger partial charge >= 0.3 is 7.12 Å². The van der Waals surface area contributed by atoms with Gasteiger partial charge in [0.1, 0.15) is 11.6 Å². The zero-order valence-electron chi connectivity index (χ0n) is 28.8. The van der Waals surface area contributed by atoms with E-state index in [0.717, 1.165) is 18.4 Å². The molecule has 0 radical (unpaired) electrons. The smallest absolute Gasteiger partial charge is 0.404 e. The Hall–Kier alpha value is -2.73. The largest absolute Gasteiger partial charge is 0.481 e. The maximum absolute atomic E-state index is 14.7. The zero-order chi connectivity index (χ0) is 33.9. The number of nitrogens with one attached hydrogen (secondary N) is 2. The van der Waals surface area contributed by atoms with Crippen LogP contribution in [0.1, 0.15) is 90.8 Å². The molecular weight excluding hydrogens is 613 g/mol. The molecule has 0 aromatic heterocycles. The summed E-state index contributed by atoms with van der Waals surface area (Å²) in [6, 6.07) is 14.9. The monoisotopic (exact) mass is 663 g/mol. The number of carbonyl (C=O) groups is 2. The number of piperidine rings is 1. The SMILES string of the molecule is CC[C@H](NC(=O)[C@H](c1ccccc1)N1CCCC(NS(=O)(=O)c2cccc(C)c2)(C(C)C)C1=O)B1OC2C[C@@H]3C[C@@H](C3(C)C)[C@]2(C)O1. The molecule has 254 valence electrons. The fraction of sp³-hybridized carbons (Fsp3) is 0.611. The topological polar surface area (TPSA) is 114 Å². The summed E-state index contributed by atoms with van der Waals surface area (Å²) in [5.41, 5.74) is -0.169.